The van der Waals surface area contributed by atoms with Crippen molar-refractivity contribution >= 4 is 29.1 Å². The summed E-state index contributed by atoms with van der Waals surface area (Å²) in [6.07, 6.45) is -0.741. The standard InChI is InChI=1S/C19H17Cl2N3O3/c1-11(17-23-19(27-24-17)13-7-9-14(20)10-8-13)22-18(25)12(2)26-16-6-4-3-5-15(16)21/h3-12H,1-2H3,(H,22,25)/t11-,12+/m1/s1. The van der Waals surface area contributed by atoms with Gasteiger partial charge in [-0.25, -0.2) is 0 Å². The number of nitrogens with one attached hydrogen (secondary N) is 1. The van der Waals surface area contributed by atoms with Crippen LogP contribution in [0.5, 0.6) is 5.75 Å². The molecular formula is C19H17Cl2N3O3. The van der Waals surface area contributed by atoms with Crippen LogP contribution < -0.4 is 10.1 Å². The van der Waals surface area contributed by atoms with E-state index in [9.17, 15) is 4.79 Å². The molecular weight excluding hydrogens is 389 g/mol. The van der Waals surface area contributed by atoms with Gasteiger partial charge in [-0.2, -0.15) is 4.98 Å². The van der Waals surface area contributed by atoms with Gasteiger partial charge in [0.2, 0.25) is 0 Å². The largest absolute Gasteiger partial charge is 0.479 e. The Morgan fingerprint density at radius 2 is 1.81 bits per heavy atom. The average Bonchev–Trinajstić information content (AvgIpc) is 3.14. The monoisotopic (exact) mass is 405 g/mol. The summed E-state index contributed by atoms with van der Waals surface area (Å²) in [7, 11) is 0. The molecule has 8 heteroatoms. The Labute approximate surface area is 166 Å². The lowest BCUT2D eigenvalue weighted by molar-refractivity contribution is -0.128. The molecule has 0 saturated heterocycles. The molecule has 3 rings (SSSR count). The summed E-state index contributed by atoms with van der Waals surface area (Å²) in [5.41, 5.74) is 0.743. The number of hydrogen-bond donors (Lipinski definition) is 1. The van der Waals surface area contributed by atoms with Crippen molar-refractivity contribution in [1.29, 1.82) is 0 Å². The third-order valence-corrected chi connectivity index (χ3v) is 4.35. The molecule has 1 amide bonds. The third-order valence-electron chi connectivity index (χ3n) is 3.79. The van der Waals surface area contributed by atoms with Crippen LogP contribution in [0, 0.1) is 0 Å². The summed E-state index contributed by atoms with van der Waals surface area (Å²) in [5, 5.41) is 7.78. The van der Waals surface area contributed by atoms with Gasteiger partial charge in [0.1, 0.15) is 5.75 Å². The smallest absolute Gasteiger partial charge is 0.261 e. The Kier molecular flexibility index (Phi) is 5.98. The molecule has 0 spiro atoms. The van der Waals surface area contributed by atoms with Crippen LogP contribution in [0.25, 0.3) is 11.5 Å². The zero-order valence-corrected chi connectivity index (χ0v) is 16.2. The second-order valence-electron chi connectivity index (χ2n) is 5.89. The molecule has 2 aromatic carbocycles. The molecule has 0 bridgehead atoms. The minimum absolute atomic E-state index is 0.319. The van der Waals surface area contributed by atoms with E-state index in [0.29, 0.717) is 27.5 Å². The van der Waals surface area contributed by atoms with E-state index in [4.69, 9.17) is 32.5 Å². The van der Waals surface area contributed by atoms with Crippen LogP contribution in [0.2, 0.25) is 10.0 Å². The number of ether oxygens (including phenoxy) is 1. The lowest BCUT2D eigenvalue weighted by Gasteiger charge is -2.17. The maximum absolute atomic E-state index is 12.4. The van der Waals surface area contributed by atoms with Crippen molar-refractivity contribution in [2.24, 2.45) is 0 Å². The minimum Gasteiger partial charge on any atom is -0.479 e. The molecule has 3 aromatic rings. The van der Waals surface area contributed by atoms with Gasteiger partial charge in [-0.15, -0.1) is 0 Å². The minimum atomic E-state index is -0.741. The number of halogens is 2. The number of aromatic nitrogens is 2. The van der Waals surface area contributed by atoms with Gasteiger partial charge in [0, 0.05) is 10.6 Å². The van der Waals surface area contributed by atoms with Crippen molar-refractivity contribution in [2.75, 3.05) is 0 Å². The van der Waals surface area contributed by atoms with Crippen LogP contribution in [0.3, 0.4) is 0 Å². The summed E-state index contributed by atoms with van der Waals surface area (Å²) in [5.74, 6) is 0.834. The van der Waals surface area contributed by atoms with Gasteiger partial charge < -0.3 is 14.6 Å². The summed E-state index contributed by atoms with van der Waals surface area (Å²) in [4.78, 5) is 16.7. The maximum Gasteiger partial charge on any atom is 0.261 e. The van der Waals surface area contributed by atoms with Gasteiger partial charge in [-0.1, -0.05) is 40.5 Å². The molecule has 1 aromatic heterocycles. The van der Waals surface area contributed by atoms with Crippen molar-refractivity contribution in [2.45, 2.75) is 26.0 Å². The summed E-state index contributed by atoms with van der Waals surface area (Å²) < 4.78 is 10.9. The van der Waals surface area contributed by atoms with Crippen molar-refractivity contribution in [3.63, 3.8) is 0 Å². The second kappa shape index (κ2) is 8.41. The number of benzene rings is 2. The van der Waals surface area contributed by atoms with Crippen LogP contribution in [0.1, 0.15) is 25.7 Å². The van der Waals surface area contributed by atoms with Crippen molar-refractivity contribution in [1.82, 2.24) is 15.5 Å². The zero-order chi connectivity index (χ0) is 19.4. The first-order valence-corrected chi connectivity index (χ1v) is 9.00. The van der Waals surface area contributed by atoms with Gasteiger partial charge in [0.05, 0.1) is 11.1 Å². The highest BCUT2D eigenvalue weighted by atomic mass is 35.5. The number of nitrogens with zero attached hydrogens (tertiary/aromatic N) is 2. The van der Waals surface area contributed by atoms with Crippen LogP contribution in [0.4, 0.5) is 0 Å². The summed E-state index contributed by atoms with van der Waals surface area (Å²) in [6.45, 7) is 3.40. The van der Waals surface area contributed by atoms with E-state index in [2.05, 4.69) is 15.5 Å². The van der Waals surface area contributed by atoms with Crippen molar-refractivity contribution in [3.05, 3.63) is 64.4 Å². The van der Waals surface area contributed by atoms with Crippen LogP contribution in [-0.4, -0.2) is 22.2 Å². The summed E-state index contributed by atoms with van der Waals surface area (Å²) >= 11 is 11.9. The van der Waals surface area contributed by atoms with Crippen LogP contribution >= 0.6 is 23.2 Å². The third kappa shape index (κ3) is 4.78. The Morgan fingerprint density at radius 3 is 2.52 bits per heavy atom. The highest BCUT2D eigenvalue weighted by molar-refractivity contribution is 6.32. The molecule has 1 N–H and O–H groups in total. The molecule has 140 valence electrons. The normalized spacial score (nSPS) is 13.0. The van der Waals surface area contributed by atoms with Crippen LogP contribution in [-0.2, 0) is 4.79 Å². The molecule has 0 radical (unpaired) electrons. The topological polar surface area (TPSA) is 77.2 Å². The molecule has 6 nitrogen and oxygen atoms in total. The van der Waals surface area contributed by atoms with Crippen LogP contribution in [0.15, 0.2) is 53.1 Å². The molecule has 0 aliphatic carbocycles. The Morgan fingerprint density at radius 1 is 1.11 bits per heavy atom. The quantitative estimate of drug-likeness (QED) is 0.643. The maximum atomic E-state index is 12.4. The molecule has 0 aliphatic heterocycles. The molecule has 0 unspecified atom stereocenters. The number of para-hydroxylation sites is 1. The van der Waals surface area contributed by atoms with E-state index in [1.807, 2.05) is 0 Å². The first-order valence-electron chi connectivity index (χ1n) is 8.25. The fraction of sp³-hybridized carbons (Fsp3) is 0.211. The van der Waals surface area contributed by atoms with E-state index in [-0.39, 0.29) is 5.91 Å². The van der Waals surface area contributed by atoms with Gasteiger partial charge >= 0.3 is 0 Å². The number of hydrogen-bond acceptors (Lipinski definition) is 5. The first-order chi connectivity index (χ1) is 12.9. The predicted molar refractivity (Wildman–Crippen MR) is 103 cm³/mol. The summed E-state index contributed by atoms with van der Waals surface area (Å²) in [6, 6.07) is 13.5. The van der Waals surface area contributed by atoms with Crippen molar-refractivity contribution < 1.29 is 14.1 Å². The SMILES string of the molecule is C[C@H](Oc1ccccc1Cl)C(=O)N[C@H](C)c1noc(-c2ccc(Cl)cc2)n1. The molecule has 0 aliphatic rings. The van der Waals surface area contributed by atoms with Gasteiger partial charge in [0.25, 0.3) is 11.8 Å². The first kappa shape index (κ1) is 19.2. The number of carbonyl (C=O) groups is 1. The average molecular weight is 406 g/mol. The molecule has 0 saturated carbocycles. The Balaban J connectivity index is 1.63. The second-order valence-corrected chi connectivity index (χ2v) is 6.73. The van der Waals surface area contributed by atoms with E-state index < -0.39 is 12.1 Å². The fourth-order valence-electron chi connectivity index (χ4n) is 2.30. The highest BCUT2D eigenvalue weighted by Gasteiger charge is 2.21. The van der Waals surface area contributed by atoms with Gasteiger partial charge in [-0.3, -0.25) is 4.79 Å². The molecule has 1 heterocycles. The predicted octanol–water partition coefficient (Wildman–Crippen LogP) is 4.69. The van der Waals surface area contributed by atoms with Crippen molar-refractivity contribution in [3.8, 4) is 17.2 Å². The zero-order valence-electron chi connectivity index (χ0n) is 14.6. The molecule has 2 atom stereocenters. The highest BCUT2D eigenvalue weighted by Crippen LogP contribution is 2.25. The van der Waals surface area contributed by atoms with E-state index in [0.717, 1.165) is 5.56 Å². The number of amides is 1. The van der Waals surface area contributed by atoms with E-state index in [1.54, 1.807) is 62.4 Å². The lowest BCUT2D eigenvalue weighted by Crippen LogP contribution is -2.38. The molecule has 0 fully saturated rings. The number of carbonyl (C=O) groups excluding carboxylic acids is 1. The number of rotatable bonds is 6. The van der Waals surface area contributed by atoms with Gasteiger partial charge in [0.15, 0.2) is 11.9 Å². The van der Waals surface area contributed by atoms with E-state index >= 15 is 0 Å². The Hall–Kier alpha value is -2.57. The van der Waals surface area contributed by atoms with Gasteiger partial charge in [-0.05, 0) is 50.2 Å². The van der Waals surface area contributed by atoms with E-state index in [1.165, 1.54) is 0 Å². The Bertz CT molecular complexity index is 928. The fourth-order valence-corrected chi connectivity index (χ4v) is 2.61. The molecule has 27 heavy (non-hydrogen) atoms. The lowest BCUT2D eigenvalue weighted by atomic mass is 10.2.